The van der Waals surface area contributed by atoms with Gasteiger partial charge < -0.3 is 19.9 Å². The highest BCUT2D eigenvalue weighted by molar-refractivity contribution is 5.86. The number of amides is 1. The number of nitrogens with one attached hydrogen (secondary N) is 2. The molecule has 0 aliphatic heterocycles. The van der Waals surface area contributed by atoms with Crippen LogP contribution >= 0.6 is 12.4 Å². The van der Waals surface area contributed by atoms with E-state index in [0.29, 0.717) is 24.6 Å². The Balaban J connectivity index is 0.00000576. The van der Waals surface area contributed by atoms with E-state index in [-0.39, 0.29) is 19.0 Å². The molecular formula is C18H31ClN2O4. The summed E-state index contributed by atoms with van der Waals surface area (Å²) >= 11 is 0. The summed E-state index contributed by atoms with van der Waals surface area (Å²) in [7, 11) is 0. The second-order valence-corrected chi connectivity index (χ2v) is 5.63. The maximum Gasteiger partial charge on any atom is 0.411 e. The Bertz CT molecular complexity index is 474. The van der Waals surface area contributed by atoms with Crippen molar-refractivity contribution < 1.29 is 19.4 Å². The molecule has 0 aromatic heterocycles. The van der Waals surface area contributed by atoms with E-state index in [1.165, 1.54) is 0 Å². The smallest absolute Gasteiger partial charge is 0.411 e. The third-order valence-corrected chi connectivity index (χ3v) is 3.34. The first-order valence-electron chi connectivity index (χ1n) is 8.71. The number of halogens is 1. The highest BCUT2D eigenvalue weighted by Crippen LogP contribution is 2.24. The van der Waals surface area contributed by atoms with Gasteiger partial charge in [-0.15, -0.1) is 12.4 Å². The van der Waals surface area contributed by atoms with Crippen molar-refractivity contribution in [1.82, 2.24) is 5.32 Å². The zero-order valence-corrected chi connectivity index (χ0v) is 15.9. The molecule has 0 radical (unpaired) electrons. The van der Waals surface area contributed by atoms with E-state index in [2.05, 4.69) is 17.6 Å². The number of ether oxygens (including phenoxy) is 2. The van der Waals surface area contributed by atoms with E-state index in [9.17, 15) is 9.90 Å². The van der Waals surface area contributed by atoms with Crippen LogP contribution < -0.4 is 15.4 Å². The molecule has 3 N–H and O–H groups in total. The fourth-order valence-corrected chi connectivity index (χ4v) is 2.05. The van der Waals surface area contributed by atoms with Crippen molar-refractivity contribution in [2.24, 2.45) is 0 Å². The van der Waals surface area contributed by atoms with Crippen molar-refractivity contribution in [3.05, 3.63) is 24.3 Å². The van der Waals surface area contributed by atoms with Gasteiger partial charge in [0.25, 0.3) is 0 Å². The first kappa shape index (κ1) is 23.5. The minimum atomic E-state index is -0.720. The Morgan fingerprint density at radius 2 is 1.96 bits per heavy atom. The van der Waals surface area contributed by atoms with E-state index in [0.717, 1.165) is 32.2 Å². The fraction of sp³-hybridized carbons (Fsp3) is 0.611. The van der Waals surface area contributed by atoms with Gasteiger partial charge in [-0.3, -0.25) is 5.32 Å². The van der Waals surface area contributed by atoms with Gasteiger partial charge in [0, 0.05) is 6.54 Å². The lowest BCUT2D eigenvalue weighted by molar-refractivity contribution is 0.0751. The highest BCUT2D eigenvalue weighted by Gasteiger charge is 2.11. The Labute approximate surface area is 156 Å². The summed E-state index contributed by atoms with van der Waals surface area (Å²) in [6, 6.07) is 7.24. The van der Waals surface area contributed by atoms with Crippen LogP contribution in [0, 0.1) is 0 Å². The Kier molecular flexibility index (Phi) is 13.9. The van der Waals surface area contributed by atoms with E-state index in [1.807, 2.05) is 25.1 Å². The molecule has 1 atom stereocenters. The van der Waals surface area contributed by atoms with Gasteiger partial charge in [-0.25, -0.2) is 4.79 Å². The molecule has 0 heterocycles. The molecule has 0 saturated carbocycles. The number of hydrogen-bond acceptors (Lipinski definition) is 5. The van der Waals surface area contributed by atoms with Crippen LogP contribution in [0.2, 0.25) is 0 Å². The fourth-order valence-electron chi connectivity index (χ4n) is 2.05. The average molecular weight is 375 g/mol. The van der Waals surface area contributed by atoms with Crippen LogP contribution in [0.15, 0.2) is 24.3 Å². The number of carbonyl (C=O) groups is 1. The molecule has 0 bridgehead atoms. The van der Waals surface area contributed by atoms with Crippen molar-refractivity contribution in [1.29, 1.82) is 0 Å². The third kappa shape index (κ3) is 10.9. The van der Waals surface area contributed by atoms with Crippen molar-refractivity contribution in [3.8, 4) is 5.75 Å². The van der Waals surface area contributed by atoms with Crippen LogP contribution in [0.5, 0.6) is 5.75 Å². The Morgan fingerprint density at radius 1 is 1.20 bits per heavy atom. The summed E-state index contributed by atoms with van der Waals surface area (Å²) in [5.41, 5.74) is 0.567. The summed E-state index contributed by atoms with van der Waals surface area (Å²) in [5, 5.41) is 15.4. The zero-order valence-electron chi connectivity index (χ0n) is 15.1. The molecule has 0 spiro atoms. The minimum Gasteiger partial charge on any atom is -0.491 e. The lowest BCUT2D eigenvalue weighted by Crippen LogP contribution is -2.32. The first-order chi connectivity index (χ1) is 11.7. The molecule has 0 aliphatic rings. The average Bonchev–Trinajstić information content (AvgIpc) is 2.58. The van der Waals surface area contributed by atoms with E-state index in [1.54, 1.807) is 6.07 Å². The molecule has 6 nitrogen and oxygen atoms in total. The molecule has 0 fully saturated rings. The summed E-state index contributed by atoms with van der Waals surface area (Å²) in [6.07, 6.45) is 2.89. The number of para-hydroxylation sites is 2. The van der Waals surface area contributed by atoms with Gasteiger partial charge >= 0.3 is 6.09 Å². The standard InChI is InChI=1S/C18H30N2O4.ClH/c1-3-5-8-12-23-17-10-7-6-9-16(17)20-18(22)24-14-15(21)13-19-11-4-2;/h6-7,9-10,15,19,21H,3-5,8,11-14H2,1-2H3,(H,20,22);1H. The van der Waals surface area contributed by atoms with Crippen molar-refractivity contribution in [2.75, 3.05) is 31.6 Å². The molecule has 1 aromatic carbocycles. The van der Waals surface area contributed by atoms with Crippen molar-refractivity contribution in [2.45, 2.75) is 45.6 Å². The minimum absolute atomic E-state index is 0. The lowest BCUT2D eigenvalue weighted by Gasteiger charge is -2.14. The quantitative estimate of drug-likeness (QED) is 0.487. The summed E-state index contributed by atoms with van der Waals surface area (Å²) in [4.78, 5) is 11.9. The molecule has 25 heavy (non-hydrogen) atoms. The number of anilines is 1. The van der Waals surface area contributed by atoms with E-state index in [4.69, 9.17) is 9.47 Å². The van der Waals surface area contributed by atoms with Crippen LogP contribution in [0.3, 0.4) is 0 Å². The van der Waals surface area contributed by atoms with Crippen molar-refractivity contribution in [3.63, 3.8) is 0 Å². The second kappa shape index (κ2) is 14.8. The lowest BCUT2D eigenvalue weighted by atomic mass is 10.2. The molecule has 0 aliphatic carbocycles. The third-order valence-electron chi connectivity index (χ3n) is 3.34. The molecule has 1 aromatic rings. The molecule has 1 amide bonds. The van der Waals surface area contributed by atoms with Gasteiger partial charge in [-0.1, -0.05) is 38.8 Å². The van der Waals surface area contributed by atoms with Crippen LogP contribution in [0.25, 0.3) is 0 Å². The van der Waals surface area contributed by atoms with Crippen LogP contribution in [0.1, 0.15) is 39.5 Å². The largest absolute Gasteiger partial charge is 0.491 e. The molecule has 0 saturated heterocycles. The first-order valence-corrected chi connectivity index (χ1v) is 8.71. The number of rotatable bonds is 12. The normalized spacial score (nSPS) is 11.3. The van der Waals surface area contributed by atoms with E-state index < -0.39 is 12.2 Å². The predicted octanol–water partition coefficient (Wildman–Crippen LogP) is 3.59. The summed E-state index contributed by atoms with van der Waals surface area (Å²) < 4.78 is 10.7. The topological polar surface area (TPSA) is 79.8 Å². The maximum absolute atomic E-state index is 11.9. The molecule has 1 rings (SSSR count). The number of hydrogen-bond donors (Lipinski definition) is 3. The monoisotopic (exact) mass is 374 g/mol. The number of benzene rings is 1. The van der Waals surface area contributed by atoms with Crippen LogP contribution in [-0.4, -0.2) is 43.6 Å². The molecule has 144 valence electrons. The Morgan fingerprint density at radius 3 is 2.68 bits per heavy atom. The van der Waals surface area contributed by atoms with Gasteiger partial charge in [0.05, 0.1) is 12.3 Å². The Hall–Kier alpha value is -1.50. The van der Waals surface area contributed by atoms with Crippen molar-refractivity contribution >= 4 is 24.2 Å². The highest BCUT2D eigenvalue weighted by atomic mass is 35.5. The van der Waals surface area contributed by atoms with Gasteiger partial charge in [-0.2, -0.15) is 0 Å². The van der Waals surface area contributed by atoms with Crippen LogP contribution in [-0.2, 0) is 4.74 Å². The maximum atomic E-state index is 11.9. The zero-order chi connectivity index (χ0) is 17.6. The molecular weight excluding hydrogens is 344 g/mol. The number of carbonyl (C=O) groups excluding carboxylic acids is 1. The number of aliphatic hydroxyl groups excluding tert-OH is 1. The predicted molar refractivity (Wildman–Crippen MR) is 103 cm³/mol. The van der Waals surface area contributed by atoms with Gasteiger partial charge in [0.1, 0.15) is 18.5 Å². The molecule has 1 unspecified atom stereocenters. The number of unbranched alkanes of at least 4 members (excludes halogenated alkanes) is 2. The van der Waals surface area contributed by atoms with E-state index >= 15 is 0 Å². The second-order valence-electron chi connectivity index (χ2n) is 5.63. The molecule has 7 heteroatoms. The van der Waals surface area contributed by atoms with Gasteiger partial charge in [-0.05, 0) is 31.5 Å². The van der Waals surface area contributed by atoms with Crippen LogP contribution in [0.4, 0.5) is 10.5 Å². The SMILES string of the molecule is CCCCCOc1ccccc1NC(=O)OCC(O)CNCCC.Cl. The number of aliphatic hydroxyl groups is 1. The summed E-state index contributed by atoms with van der Waals surface area (Å²) in [6.45, 7) is 5.97. The van der Waals surface area contributed by atoms with Gasteiger partial charge in [0.15, 0.2) is 0 Å². The van der Waals surface area contributed by atoms with Gasteiger partial charge in [0.2, 0.25) is 0 Å². The summed E-state index contributed by atoms with van der Waals surface area (Å²) in [5.74, 6) is 0.621.